The van der Waals surface area contributed by atoms with Crippen molar-refractivity contribution < 1.29 is 0 Å². The molecule has 0 aliphatic heterocycles. The SMILES string of the molecule is Cc1ccc(-c2ccccc2)c(Cl)c1Cl. The fraction of sp³-hybridized carbons (Fsp3) is 0.0769. The van der Waals surface area contributed by atoms with Crippen LogP contribution in [0.4, 0.5) is 0 Å². The molecule has 76 valence electrons. The van der Waals surface area contributed by atoms with Crippen LogP contribution in [0.25, 0.3) is 11.1 Å². The van der Waals surface area contributed by atoms with Crippen molar-refractivity contribution in [3.8, 4) is 11.1 Å². The number of hydrogen-bond acceptors (Lipinski definition) is 0. The minimum Gasteiger partial charge on any atom is -0.0824 e. The van der Waals surface area contributed by atoms with Crippen molar-refractivity contribution >= 4 is 23.2 Å². The third kappa shape index (κ3) is 2.01. The van der Waals surface area contributed by atoms with E-state index in [4.69, 9.17) is 23.2 Å². The molecule has 0 amide bonds. The Labute approximate surface area is 99.5 Å². The van der Waals surface area contributed by atoms with Crippen molar-refractivity contribution in [1.29, 1.82) is 0 Å². The molecule has 0 fully saturated rings. The first kappa shape index (κ1) is 10.5. The summed E-state index contributed by atoms with van der Waals surface area (Å²) in [4.78, 5) is 0. The lowest BCUT2D eigenvalue weighted by Crippen LogP contribution is -1.83. The minimum absolute atomic E-state index is 0.628. The summed E-state index contributed by atoms with van der Waals surface area (Å²) in [5, 5.41) is 1.26. The smallest absolute Gasteiger partial charge is 0.0673 e. The molecule has 0 aromatic heterocycles. The highest BCUT2D eigenvalue weighted by Crippen LogP contribution is 2.35. The van der Waals surface area contributed by atoms with Gasteiger partial charge in [-0.2, -0.15) is 0 Å². The van der Waals surface area contributed by atoms with Gasteiger partial charge in [0, 0.05) is 5.56 Å². The van der Waals surface area contributed by atoms with Gasteiger partial charge in [0.2, 0.25) is 0 Å². The second kappa shape index (κ2) is 4.26. The molecule has 0 aliphatic carbocycles. The van der Waals surface area contributed by atoms with Gasteiger partial charge in [0.1, 0.15) is 0 Å². The van der Waals surface area contributed by atoms with Crippen molar-refractivity contribution in [3.05, 3.63) is 58.1 Å². The van der Waals surface area contributed by atoms with Crippen LogP contribution in [0.1, 0.15) is 5.56 Å². The minimum atomic E-state index is 0.628. The standard InChI is InChI=1S/C13H10Cl2/c1-9-7-8-11(13(15)12(9)14)10-5-3-2-4-6-10/h2-8H,1H3. The van der Waals surface area contributed by atoms with Gasteiger partial charge in [-0.3, -0.25) is 0 Å². The number of hydrogen-bond donors (Lipinski definition) is 0. The van der Waals surface area contributed by atoms with Crippen LogP contribution in [0.5, 0.6) is 0 Å². The monoisotopic (exact) mass is 236 g/mol. The fourth-order valence-corrected chi connectivity index (χ4v) is 1.97. The van der Waals surface area contributed by atoms with Crippen LogP contribution in [0.3, 0.4) is 0 Å². The fourth-order valence-electron chi connectivity index (χ4n) is 1.49. The van der Waals surface area contributed by atoms with Crippen LogP contribution in [0, 0.1) is 6.92 Å². The molecule has 0 radical (unpaired) electrons. The highest BCUT2D eigenvalue weighted by molar-refractivity contribution is 6.44. The van der Waals surface area contributed by atoms with Gasteiger partial charge in [0.05, 0.1) is 10.0 Å². The Bertz CT molecular complexity index is 475. The third-order valence-corrected chi connectivity index (χ3v) is 3.34. The van der Waals surface area contributed by atoms with E-state index in [2.05, 4.69) is 0 Å². The summed E-state index contributed by atoms with van der Waals surface area (Å²) >= 11 is 12.3. The molecule has 0 atom stereocenters. The Morgan fingerprint density at radius 3 is 2.13 bits per heavy atom. The molecule has 0 saturated carbocycles. The van der Waals surface area contributed by atoms with Gasteiger partial charge >= 0.3 is 0 Å². The largest absolute Gasteiger partial charge is 0.0824 e. The van der Waals surface area contributed by atoms with Crippen molar-refractivity contribution in [2.24, 2.45) is 0 Å². The zero-order valence-corrected chi connectivity index (χ0v) is 9.81. The van der Waals surface area contributed by atoms with Crippen molar-refractivity contribution in [1.82, 2.24) is 0 Å². The Morgan fingerprint density at radius 1 is 0.800 bits per heavy atom. The molecule has 2 aromatic rings. The highest BCUT2D eigenvalue weighted by Gasteiger charge is 2.08. The Morgan fingerprint density at radius 2 is 1.47 bits per heavy atom. The molecule has 0 bridgehead atoms. The van der Waals surface area contributed by atoms with Gasteiger partial charge in [0.25, 0.3) is 0 Å². The van der Waals surface area contributed by atoms with Crippen LogP contribution < -0.4 is 0 Å². The predicted octanol–water partition coefficient (Wildman–Crippen LogP) is 4.97. The molecule has 0 nitrogen and oxygen atoms in total. The molecule has 0 unspecified atom stereocenters. The number of benzene rings is 2. The van der Waals surface area contributed by atoms with Gasteiger partial charge in [-0.1, -0.05) is 65.7 Å². The van der Waals surface area contributed by atoms with Gasteiger partial charge in [0.15, 0.2) is 0 Å². The molecule has 2 aromatic carbocycles. The van der Waals surface area contributed by atoms with Crippen molar-refractivity contribution in [2.75, 3.05) is 0 Å². The first-order valence-electron chi connectivity index (χ1n) is 4.70. The molecule has 0 heterocycles. The van der Waals surface area contributed by atoms with Crippen LogP contribution in [-0.2, 0) is 0 Å². The second-order valence-electron chi connectivity index (χ2n) is 3.42. The molecule has 0 N–H and O–H groups in total. The maximum atomic E-state index is 6.20. The van der Waals surface area contributed by atoms with Crippen LogP contribution in [0.2, 0.25) is 10.0 Å². The Balaban J connectivity index is 2.60. The summed E-state index contributed by atoms with van der Waals surface area (Å²) in [7, 11) is 0. The first-order valence-corrected chi connectivity index (χ1v) is 5.46. The lowest BCUT2D eigenvalue weighted by atomic mass is 10.0. The average Bonchev–Trinajstić information content (AvgIpc) is 2.27. The average molecular weight is 237 g/mol. The van der Waals surface area contributed by atoms with Crippen LogP contribution in [0.15, 0.2) is 42.5 Å². The molecular formula is C13H10Cl2. The molecule has 0 spiro atoms. The molecule has 15 heavy (non-hydrogen) atoms. The number of rotatable bonds is 1. The topological polar surface area (TPSA) is 0 Å². The van der Waals surface area contributed by atoms with Crippen LogP contribution >= 0.6 is 23.2 Å². The summed E-state index contributed by atoms with van der Waals surface area (Å²) < 4.78 is 0. The van der Waals surface area contributed by atoms with E-state index in [1.165, 1.54) is 0 Å². The lowest BCUT2D eigenvalue weighted by Gasteiger charge is -2.07. The zero-order chi connectivity index (χ0) is 10.8. The second-order valence-corrected chi connectivity index (χ2v) is 4.18. The summed E-state index contributed by atoms with van der Waals surface area (Å²) in [5.41, 5.74) is 3.07. The van der Waals surface area contributed by atoms with E-state index in [1.807, 2.05) is 49.4 Å². The van der Waals surface area contributed by atoms with E-state index in [-0.39, 0.29) is 0 Å². The van der Waals surface area contributed by atoms with E-state index in [1.54, 1.807) is 0 Å². The van der Waals surface area contributed by atoms with E-state index in [0.717, 1.165) is 16.7 Å². The normalized spacial score (nSPS) is 10.3. The van der Waals surface area contributed by atoms with Crippen LogP contribution in [-0.4, -0.2) is 0 Å². The van der Waals surface area contributed by atoms with Crippen molar-refractivity contribution in [2.45, 2.75) is 6.92 Å². The van der Waals surface area contributed by atoms with E-state index >= 15 is 0 Å². The summed E-state index contributed by atoms with van der Waals surface area (Å²) in [5.74, 6) is 0. The molecule has 0 saturated heterocycles. The van der Waals surface area contributed by atoms with E-state index < -0.39 is 0 Å². The van der Waals surface area contributed by atoms with Gasteiger partial charge in [-0.05, 0) is 18.1 Å². The number of halogens is 2. The van der Waals surface area contributed by atoms with Crippen molar-refractivity contribution in [3.63, 3.8) is 0 Å². The summed E-state index contributed by atoms with van der Waals surface area (Å²) in [6.07, 6.45) is 0. The number of aryl methyl sites for hydroxylation is 1. The summed E-state index contributed by atoms with van der Waals surface area (Å²) in [6.45, 7) is 1.95. The predicted molar refractivity (Wildman–Crippen MR) is 66.6 cm³/mol. The van der Waals surface area contributed by atoms with Gasteiger partial charge in [-0.15, -0.1) is 0 Å². The molecule has 2 rings (SSSR count). The maximum Gasteiger partial charge on any atom is 0.0673 e. The van der Waals surface area contributed by atoms with E-state index in [0.29, 0.717) is 10.0 Å². The Kier molecular flexibility index (Phi) is 2.99. The molecular weight excluding hydrogens is 227 g/mol. The molecule has 2 heteroatoms. The highest BCUT2D eigenvalue weighted by atomic mass is 35.5. The Hall–Kier alpha value is -0.980. The third-order valence-electron chi connectivity index (χ3n) is 2.36. The maximum absolute atomic E-state index is 6.20. The zero-order valence-electron chi connectivity index (χ0n) is 8.30. The first-order chi connectivity index (χ1) is 7.20. The summed E-state index contributed by atoms with van der Waals surface area (Å²) in [6, 6.07) is 14.0. The molecule has 0 aliphatic rings. The lowest BCUT2D eigenvalue weighted by molar-refractivity contribution is 1.47. The van der Waals surface area contributed by atoms with Gasteiger partial charge in [-0.25, -0.2) is 0 Å². The van der Waals surface area contributed by atoms with Gasteiger partial charge < -0.3 is 0 Å². The van der Waals surface area contributed by atoms with E-state index in [9.17, 15) is 0 Å². The quantitative estimate of drug-likeness (QED) is 0.656.